The van der Waals surface area contributed by atoms with Crippen molar-refractivity contribution in [2.75, 3.05) is 10.2 Å². The summed E-state index contributed by atoms with van der Waals surface area (Å²) in [6.45, 7) is 0. The molecule has 2 amide bonds. The third kappa shape index (κ3) is 3.80. The number of hydrogen-bond donors (Lipinski definition) is 1. The Morgan fingerprint density at radius 1 is 0.694 bits per heavy atom. The molecule has 0 saturated carbocycles. The van der Waals surface area contributed by atoms with Crippen LogP contribution in [0.1, 0.15) is 11.1 Å². The quantitative estimate of drug-likeness (QED) is 0.283. The summed E-state index contributed by atoms with van der Waals surface area (Å²) in [5, 5.41) is 2.96. The number of rotatable bonds is 5. The summed E-state index contributed by atoms with van der Waals surface area (Å²) in [4.78, 5) is 43.1. The first-order valence-corrected chi connectivity index (χ1v) is 11.7. The summed E-state index contributed by atoms with van der Waals surface area (Å²) in [7, 11) is 0. The number of amides is 2. The number of benzene rings is 4. The number of para-hydroxylation sites is 2. The van der Waals surface area contributed by atoms with Crippen molar-refractivity contribution in [2.45, 2.75) is 5.54 Å². The van der Waals surface area contributed by atoms with Gasteiger partial charge in [0.05, 0.1) is 10.6 Å². The summed E-state index contributed by atoms with van der Waals surface area (Å²) >= 11 is 6.91. The van der Waals surface area contributed by atoms with Crippen LogP contribution < -0.4 is 10.2 Å². The van der Waals surface area contributed by atoms with E-state index in [1.165, 1.54) is 4.90 Å². The molecule has 1 atom stereocenters. The average Bonchev–Trinajstić information content (AvgIpc) is 3.17. The second-order valence-electron chi connectivity index (χ2n) is 8.26. The molecular formula is C30H21ClN2O3. The van der Waals surface area contributed by atoms with Crippen molar-refractivity contribution in [1.82, 2.24) is 0 Å². The van der Waals surface area contributed by atoms with E-state index in [4.69, 9.17) is 11.6 Å². The van der Waals surface area contributed by atoms with E-state index < -0.39 is 23.1 Å². The Hall–Kier alpha value is -4.48. The minimum absolute atomic E-state index is 0.0412. The summed E-state index contributed by atoms with van der Waals surface area (Å²) in [5.74, 6) is -2.25. The molecule has 176 valence electrons. The van der Waals surface area contributed by atoms with Crippen LogP contribution in [0.4, 0.5) is 11.4 Å². The van der Waals surface area contributed by atoms with Crippen LogP contribution in [0.5, 0.6) is 0 Å². The van der Waals surface area contributed by atoms with Crippen LogP contribution in [-0.4, -0.2) is 17.6 Å². The van der Waals surface area contributed by atoms with E-state index in [1.54, 1.807) is 109 Å². The predicted molar refractivity (Wildman–Crippen MR) is 141 cm³/mol. The molecule has 4 aromatic carbocycles. The average molecular weight is 493 g/mol. The Kier molecular flexibility index (Phi) is 6.23. The summed E-state index contributed by atoms with van der Waals surface area (Å²) in [5.41, 5.74) is -0.0739. The highest BCUT2D eigenvalue weighted by molar-refractivity contribution is 6.61. The van der Waals surface area contributed by atoms with Gasteiger partial charge in [0.1, 0.15) is 0 Å². The lowest BCUT2D eigenvalue weighted by molar-refractivity contribution is -0.132. The zero-order valence-electron chi connectivity index (χ0n) is 19.1. The highest BCUT2D eigenvalue weighted by Crippen LogP contribution is 2.49. The van der Waals surface area contributed by atoms with Crippen molar-refractivity contribution in [3.8, 4) is 0 Å². The third-order valence-corrected chi connectivity index (χ3v) is 6.54. The maximum Gasteiger partial charge on any atom is 0.300 e. The van der Waals surface area contributed by atoms with Crippen LogP contribution in [0, 0.1) is 0 Å². The van der Waals surface area contributed by atoms with Crippen molar-refractivity contribution in [3.63, 3.8) is 0 Å². The first kappa shape index (κ1) is 23.3. The third-order valence-electron chi connectivity index (χ3n) is 6.13. The van der Waals surface area contributed by atoms with Gasteiger partial charge in [0.2, 0.25) is 0 Å². The Morgan fingerprint density at radius 2 is 1.19 bits per heavy atom. The summed E-state index contributed by atoms with van der Waals surface area (Å²) in [6.07, 6.45) is 0. The SMILES string of the molecule is O=C1C(=O)N(c2ccccc2)C(C(=O)Nc2ccccc2)(c2ccccc2)/C1=C(/Cl)c1ccccc1. The van der Waals surface area contributed by atoms with Gasteiger partial charge in [-0.25, -0.2) is 0 Å². The second kappa shape index (κ2) is 9.64. The predicted octanol–water partition coefficient (Wildman–Crippen LogP) is 5.79. The van der Waals surface area contributed by atoms with Gasteiger partial charge < -0.3 is 5.32 Å². The monoisotopic (exact) mass is 492 g/mol. The van der Waals surface area contributed by atoms with E-state index in [2.05, 4.69) is 5.32 Å². The van der Waals surface area contributed by atoms with Crippen molar-refractivity contribution in [3.05, 3.63) is 138 Å². The van der Waals surface area contributed by atoms with Crippen LogP contribution in [0.3, 0.4) is 0 Å². The summed E-state index contributed by atoms with van der Waals surface area (Å²) < 4.78 is 0. The Morgan fingerprint density at radius 3 is 1.78 bits per heavy atom. The minimum atomic E-state index is -1.86. The fraction of sp³-hybridized carbons (Fsp3) is 0.0333. The van der Waals surface area contributed by atoms with Crippen molar-refractivity contribution in [1.29, 1.82) is 0 Å². The highest BCUT2D eigenvalue weighted by Gasteiger charge is 2.62. The number of halogens is 1. The zero-order valence-corrected chi connectivity index (χ0v) is 19.9. The molecule has 5 nitrogen and oxygen atoms in total. The standard InChI is InChI=1S/C30H21ClN2O3/c31-26(21-13-5-1-6-14-21)25-27(34)28(35)33(24-19-11-4-12-20-24)30(25,22-15-7-2-8-16-22)29(36)32-23-17-9-3-10-18-23/h1-20H,(H,32,36)/b26-25+. The number of carbonyl (C=O) groups excluding carboxylic acids is 3. The molecule has 0 bridgehead atoms. The maximum atomic E-state index is 14.4. The Balaban J connectivity index is 1.86. The van der Waals surface area contributed by atoms with Gasteiger partial charge in [-0.15, -0.1) is 0 Å². The molecule has 1 aliphatic heterocycles. The van der Waals surface area contributed by atoms with Crippen molar-refractivity contribution < 1.29 is 14.4 Å². The topological polar surface area (TPSA) is 66.5 Å². The number of nitrogens with zero attached hydrogens (tertiary/aromatic N) is 1. The van der Waals surface area contributed by atoms with Crippen molar-refractivity contribution >= 4 is 45.6 Å². The molecule has 1 heterocycles. The fourth-order valence-electron chi connectivity index (χ4n) is 4.55. The molecule has 36 heavy (non-hydrogen) atoms. The largest absolute Gasteiger partial charge is 0.323 e. The number of carbonyl (C=O) groups is 3. The van der Waals surface area contributed by atoms with E-state index in [1.807, 2.05) is 12.1 Å². The van der Waals surface area contributed by atoms with Crippen LogP contribution in [0.15, 0.2) is 127 Å². The molecule has 4 aromatic rings. The Bertz CT molecular complexity index is 1460. The van der Waals surface area contributed by atoms with Crippen LogP contribution in [-0.2, 0) is 19.9 Å². The molecule has 0 radical (unpaired) electrons. The van der Waals surface area contributed by atoms with E-state index >= 15 is 0 Å². The number of Topliss-reactive ketones (excluding diaryl/α,β-unsaturated/α-hetero) is 1. The van der Waals surface area contributed by atoms with Gasteiger partial charge >= 0.3 is 5.91 Å². The molecule has 6 heteroatoms. The molecule has 1 fully saturated rings. The molecule has 1 aliphatic rings. The normalized spacial score (nSPS) is 18.8. The lowest BCUT2D eigenvalue weighted by atomic mass is 9.80. The van der Waals surface area contributed by atoms with E-state index in [9.17, 15) is 14.4 Å². The maximum absolute atomic E-state index is 14.4. The zero-order chi connectivity index (χ0) is 25.1. The molecule has 5 rings (SSSR count). The van der Waals surface area contributed by atoms with Crippen molar-refractivity contribution in [2.24, 2.45) is 0 Å². The lowest BCUT2D eigenvalue weighted by Gasteiger charge is -2.38. The first-order chi connectivity index (χ1) is 17.5. The molecule has 1 saturated heterocycles. The van der Waals surface area contributed by atoms with Gasteiger partial charge in [0, 0.05) is 11.4 Å². The lowest BCUT2D eigenvalue weighted by Crippen LogP contribution is -2.53. The first-order valence-electron chi connectivity index (χ1n) is 11.4. The Labute approximate surface area is 213 Å². The number of hydrogen-bond acceptors (Lipinski definition) is 3. The van der Waals surface area contributed by atoms with E-state index in [0.29, 0.717) is 22.5 Å². The van der Waals surface area contributed by atoms with Gasteiger partial charge in [0.15, 0.2) is 5.54 Å². The van der Waals surface area contributed by atoms with Crippen LogP contribution in [0.2, 0.25) is 0 Å². The molecule has 0 spiro atoms. The number of ketones is 1. The smallest absolute Gasteiger partial charge is 0.300 e. The minimum Gasteiger partial charge on any atom is -0.323 e. The second-order valence-corrected chi connectivity index (χ2v) is 8.63. The molecule has 1 unspecified atom stereocenters. The fourth-order valence-corrected chi connectivity index (χ4v) is 4.90. The van der Waals surface area contributed by atoms with E-state index in [-0.39, 0.29) is 10.6 Å². The molecule has 0 aliphatic carbocycles. The van der Waals surface area contributed by atoms with Gasteiger partial charge in [-0.3, -0.25) is 19.3 Å². The van der Waals surface area contributed by atoms with Gasteiger partial charge in [-0.1, -0.05) is 109 Å². The number of nitrogens with one attached hydrogen (secondary N) is 1. The van der Waals surface area contributed by atoms with Gasteiger partial charge in [-0.05, 0) is 35.4 Å². The number of anilines is 2. The summed E-state index contributed by atoms with van der Waals surface area (Å²) in [6, 6.07) is 35.2. The van der Waals surface area contributed by atoms with E-state index in [0.717, 1.165) is 0 Å². The molecular weight excluding hydrogens is 472 g/mol. The van der Waals surface area contributed by atoms with Crippen LogP contribution >= 0.6 is 11.6 Å². The highest BCUT2D eigenvalue weighted by atomic mass is 35.5. The van der Waals surface area contributed by atoms with Gasteiger partial charge in [0.25, 0.3) is 11.7 Å². The van der Waals surface area contributed by atoms with Gasteiger partial charge in [-0.2, -0.15) is 0 Å². The molecule has 1 N–H and O–H groups in total. The molecule has 0 aromatic heterocycles. The van der Waals surface area contributed by atoms with Crippen LogP contribution in [0.25, 0.3) is 5.03 Å².